The van der Waals surface area contributed by atoms with Crippen molar-refractivity contribution in [1.29, 1.82) is 5.26 Å². The summed E-state index contributed by atoms with van der Waals surface area (Å²) in [4.78, 5) is 20.7. The minimum absolute atomic E-state index is 0.144. The van der Waals surface area contributed by atoms with Crippen molar-refractivity contribution in [2.45, 2.75) is 52.5 Å². The fraction of sp³-hybridized carbons (Fsp3) is 0.412. The molecule has 202 valence electrons. The summed E-state index contributed by atoms with van der Waals surface area (Å²) in [6, 6.07) is 25.1. The van der Waals surface area contributed by atoms with Crippen LogP contribution < -0.4 is 9.80 Å². The van der Waals surface area contributed by atoms with Gasteiger partial charge in [0, 0.05) is 44.0 Å². The van der Waals surface area contributed by atoms with Crippen molar-refractivity contribution in [2.75, 3.05) is 42.5 Å². The third-order valence-corrected chi connectivity index (χ3v) is 8.66. The Kier molecular flexibility index (Phi) is 7.66. The zero-order valence-electron chi connectivity index (χ0n) is 23.8. The molecule has 2 fully saturated rings. The van der Waals surface area contributed by atoms with Crippen LogP contribution in [0.4, 0.5) is 11.4 Å². The highest BCUT2D eigenvalue weighted by atomic mass is 16.2. The van der Waals surface area contributed by atoms with Crippen LogP contribution in [0.5, 0.6) is 0 Å². The molecule has 5 rings (SSSR count). The number of amides is 1. The molecule has 2 heterocycles. The molecular weight excluding hydrogens is 480 g/mol. The third kappa shape index (κ3) is 5.66. The maximum absolute atomic E-state index is 13.8. The van der Waals surface area contributed by atoms with Crippen molar-refractivity contribution in [1.82, 2.24) is 4.90 Å². The highest BCUT2D eigenvalue weighted by Crippen LogP contribution is 2.31. The maximum atomic E-state index is 13.8. The SMILES string of the molecule is Cc1cc(C)c(C(=O)N2CCN(c3ccccc3)C(C)(C)C2)cc1CC1CCN(c2ccccc2C#N)CC1. The fourth-order valence-corrected chi connectivity index (χ4v) is 6.47. The van der Waals surface area contributed by atoms with Crippen molar-refractivity contribution in [3.63, 3.8) is 0 Å². The molecule has 1 amide bonds. The molecule has 0 unspecified atom stereocenters. The highest BCUT2D eigenvalue weighted by Gasteiger charge is 2.36. The second-order valence-electron chi connectivity index (χ2n) is 11.9. The number of hydrogen-bond donors (Lipinski definition) is 0. The van der Waals surface area contributed by atoms with E-state index in [4.69, 9.17) is 0 Å². The van der Waals surface area contributed by atoms with E-state index in [2.05, 4.69) is 86.0 Å². The van der Waals surface area contributed by atoms with Gasteiger partial charge in [-0.25, -0.2) is 0 Å². The minimum Gasteiger partial charge on any atom is -0.370 e. The molecule has 2 aliphatic rings. The van der Waals surface area contributed by atoms with Gasteiger partial charge in [0.1, 0.15) is 6.07 Å². The Morgan fingerprint density at radius 1 is 0.923 bits per heavy atom. The van der Waals surface area contributed by atoms with Gasteiger partial charge in [0.15, 0.2) is 0 Å². The zero-order chi connectivity index (χ0) is 27.6. The smallest absolute Gasteiger partial charge is 0.254 e. The molecule has 39 heavy (non-hydrogen) atoms. The standard InChI is InChI=1S/C34H40N4O/c1-25-20-26(2)31(33(39)37-18-19-38(34(3,4)24-37)30-11-6-5-7-12-30)22-29(25)21-27-14-16-36(17-15-27)32-13-9-8-10-28(32)23-35/h5-13,20,22,27H,14-19,21,24H2,1-4H3. The van der Waals surface area contributed by atoms with Crippen LogP contribution in [0, 0.1) is 31.1 Å². The van der Waals surface area contributed by atoms with E-state index in [1.54, 1.807) is 0 Å². The van der Waals surface area contributed by atoms with E-state index in [9.17, 15) is 10.1 Å². The van der Waals surface area contributed by atoms with Crippen molar-refractivity contribution >= 4 is 17.3 Å². The maximum Gasteiger partial charge on any atom is 0.254 e. The monoisotopic (exact) mass is 520 g/mol. The molecule has 0 radical (unpaired) electrons. The first kappa shape index (κ1) is 26.8. The van der Waals surface area contributed by atoms with Crippen LogP contribution >= 0.6 is 0 Å². The molecule has 0 bridgehead atoms. The Morgan fingerprint density at radius 3 is 2.31 bits per heavy atom. The zero-order valence-corrected chi connectivity index (χ0v) is 23.8. The number of nitrogens with zero attached hydrogens (tertiary/aromatic N) is 4. The number of rotatable bonds is 5. The second-order valence-corrected chi connectivity index (χ2v) is 11.9. The van der Waals surface area contributed by atoms with Gasteiger partial charge >= 0.3 is 0 Å². The number of carbonyl (C=O) groups excluding carboxylic acids is 1. The summed E-state index contributed by atoms with van der Waals surface area (Å²) in [6.45, 7) is 12.9. The highest BCUT2D eigenvalue weighted by molar-refractivity contribution is 5.96. The van der Waals surface area contributed by atoms with Gasteiger partial charge < -0.3 is 14.7 Å². The lowest BCUT2D eigenvalue weighted by Crippen LogP contribution is -2.60. The van der Waals surface area contributed by atoms with Crippen LogP contribution in [0.2, 0.25) is 0 Å². The Morgan fingerprint density at radius 2 is 1.62 bits per heavy atom. The molecule has 2 saturated heterocycles. The molecule has 0 N–H and O–H groups in total. The molecule has 0 aliphatic carbocycles. The summed E-state index contributed by atoms with van der Waals surface area (Å²) in [5.41, 5.74) is 7.35. The number of anilines is 2. The second kappa shape index (κ2) is 11.1. The van der Waals surface area contributed by atoms with Gasteiger partial charge in [0.25, 0.3) is 5.91 Å². The average Bonchev–Trinajstić information content (AvgIpc) is 2.94. The van der Waals surface area contributed by atoms with Crippen LogP contribution in [0.15, 0.2) is 66.7 Å². The Balaban J connectivity index is 1.26. The van der Waals surface area contributed by atoms with Gasteiger partial charge in [0.05, 0.1) is 16.8 Å². The van der Waals surface area contributed by atoms with E-state index in [-0.39, 0.29) is 11.4 Å². The topological polar surface area (TPSA) is 50.6 Å². The quantitative estimate of drug-likeness (QED) is 0.392. The molecule has 3 aromatic carbocycles. The van der Waals surface area contributed by atoms with Crippen LogP contribution in [0.1, 0.15) is 59.3 Å². The number of aryl methyl sites for hydroxylation is 2. The van der Waals surface area contributed by atoms with E-state index < -0.39 is 0 Å². The summed E-state index contributed by atoms with van der Waals surface area (Å²) >= 11 is 0. The number of hydrogen-bond acceptors (Lipinski definition) is 4. The summed E-state index contributed by atoms with van der Waals surface area (Å²) in [5.74, 6) is 0.727. The lowest BCUT2D eigenvalue weighted by atomic mass is 9.86. The third-order valence-electron chi connectivity index (χ3n) is 8.66. The van der Waals surface area contributed by atoms with Gasteiger partial charge in [-0.15, -0.1) is 0 Å². The molecule has 0 aromatic heterocycles. The Bertz CT molecular complexity index is 1370. The first-order chi connectivity index (χ1) is 18.8. The number of benzene rings is 3. The van der Waals surface area contributed by atoms with Crippen LogP contribution in [-0.4, -0.2) is 49.1 Å². The normalized spacial score (nSPS) is 17.7. The molecule has 5 heteroatoms. The summed E-state index contributed by atoms with van der Waals surface area (Å²) in [5, 5.41) is 9.50. The lowest BCUT2D eigenvalue weighted by Gasteiger charge is -2.48. The molecule has 5 nitrogen and oxygen atoms in total. The summed E-state index contributed by atoms with van der Waals surface area (Å²) in [6.07, 6.45) is 3.17. The Hall–Kier alpha value is -3.78. The van der Waals surface area contributed by atoms with Crippen molar-refractivity contribution in [3.8, 4) is 6.07 Å². The van der Waals surface area contributed by atoms with E-state index in [1.807, 2.05) is 29.2 Å². The predicted molar refractivity (Wildman–Crippen MR) is 159 cm³/mol. The van der Waals surface area contributed by atoms with Crippen molar-refractivity contribution in [3.05, 3.63) is 94.5 Å². The molecule has 0 spiro atoms. The minimum atomic E-state index is -0.144. The van der Waals surface area contributed by atoms with Gasteiger partial charge in [-0.05, 0) is 99.9 Å². The van der Waals surface area contributed by atoms with Crippen molar-refractivity contribution in [2.24, 2.45) is 5.92 Å². The average molecular weight is 521 g/mol. The molecule has 3 aromatic rings. The fourth-order valence-electron chi connectivity index (χ4n) is 6.47. The van der Waals surface area contributed by atoms with Gasteiger partial charge in [-0.3, -0.25) is 4.79 Å². The number of piperazine rings is 1. The molecular formula is C34H40N4O. The van der Waals surface area contributed by atoms with Crippen LogP contribution in [-0.2, 0) is 6.42 Å². The van der Waals surface area contributed by atoms with Crippen LogP contribution in [0.3, 0.4) is 0 Å². The molecule has 2 aliphatic heterocycles. The van der Waals surface area contributed by atoms with E-state index >= 15 is 0 Å². The van der Waals surface area contributed by atoms with Crippen LogP contribution in [0.25, 0.3) is 0 Å². The first-order valence-corrected chi connectivity index (χ1v) is 14.2. The molecule has 0 saturated carbocycles. The van der Waals surface area contributed by atoms with Gasteiger partial charge in [-0.1, -0.05) is 36.4 Å². The van der Waals surface area contributed by atoms with E-state index in [0.717, 1.165) is 67.8 Å². The largest absolute Gasteiger partial charge is 0.370 e. The van der Waals surface area contributed by atoms with Gasteiger partial charge in [0.2, 0.25) is 0 Å². The van der Waals surface area contributed by atoms with Gasteiger partial charge in [-0.2, -0.15) is 5.26 Å². The van der Waals surface area contributed by atoms with E-state index in [0.29, 0.717) is 12.5 Å². The Labute approximate surface area is 233 Å². The van der Waals surface area contributed by atoms with E-state index in [1.165, 1.54) is 16.8 Å². The number of nitriles is 1. The summed E-state index contributed by atoms with van der Waals surface area (Å²) < 4.78 is 0. The number of piperidine rings is 1. The first-order valence-electron chi connectivity index (χ1n) is 14.2. The lowest BCUT2D eigenvalue weighted by molar-refractivity contribution is 0.0685. The molecule has 0 atom stereocenters. The summed E-state index contributed by atoms with van der Waals surface area (Å²) in [7, 11) is 0. The number of carbonyl (C=O) groups is 1. The van der Waals surface area contributed by atoms with Crippen molar-refractivity contribution < 1.29 is 4.79 Å². The number of para-hydroxylation sites is 2. The predicted octanol–water partition coefficient (Wildman–Crippen LogP) is 6.38.